The highest BCUT2D eigenvalue weighted by Gasteiger charge is 2.17. The van der Waals surface area contributed by atoms with Crippen molar-refractivity contribution < 1.29 is 23.8 Å². The van der Waals surface area contributed by atoms with Crippen LogP contribution in [0.1, 0.15) is 213 Å². The van der Waals surface area contributed by atoms with Gasteiger partial charge >= 0.3 is 11.9 Å². The number of unbranched alkanes of at least 4 members (excludes halogenated alkanes) is 13. The smallest absolute Gasteiger partial charge is 0.306 e. The van der Waals surface area contributed by atoms with Gasteiger partial charge in [-0.25, -0.2) is 0 Å². The summed E-state index contributed by atoms with van der Waals surface area (Å²) in [5.41, 5.74) is 0. The highest BCUT2D eigenvalue weighted by Crippen LogP contribution is 2.12. The van der Waals surface area contributed by atoms with Crippen LogP contribution in [0.4, 0.5) is 0 Å². The van der Waals surface area contributed by atoms with E-state index in [4.69, 9.17) is 14.2 Å². The van der Waals surface area contributed by atoms with E-state index in [0.717, 1.165) is 135 Å². The number of hydrogen-bond donors (Lipinski definition) is 0. The zero-order valence-corrected chi connectivity index (χ0v) is 43.8. The lowest BCUT2D eigenvalue weighted by molar-refractivity contribution is -0.163. The largest absolute Gasteiger partial charge is 0.462 e. The van der Waals surface area contributed by atoms with E-state index in [0.29, 0.717) is 19.4 Å². The Kier molecular flexibility index (Phi) is 53.6. The molecule has 0 bridgehead atoms. The number of rotatable bonds is 48. The molecule has 0 aromatic heterocycles. The molecule has 0 N–H and O–H groups in total. The van der Waals surface area contributed by atoms with E-state index in [1.165, 1.54) is 44.9 Å². The van der Waals surface area contributed by atoms with Crippen LogP contribution in [0.3, 0.4) is 0 Å². The molecule has 382 valence electrons. The second-order valence-corrected chi connectivity index (χ2v) is 17.3. The van der Waals surface area contributed by atoms with Crippen LogP contribution in [-0.2, 0) is 23.8 Å². The third-order valence-corrected chi connectivity index (χ3v) is 10.9. The predicted molar refractivity (Wildman–Crippen MR) is 297 cm³/mol. The van der Waals surface area contributed by atoms with Crippen molar-refractivity contribution in [3.05, 3.63) is 146 Å². The Balaban J connectivity index is 4.44. The molecule has 0 heterocycles. The molecule has 1 unspecified atom stereocenters. The number of carbonyl (C=O) groups excluding carboxylic acids is 2. The van der Waals surface area contributed by atoms with E-state index in [-0.39, 0.29) is 25.2 Å². The number of esters is 2. The summed E-state index contributed by atoms with van der Waals surface area (Å²) in [6, 6.07) is 0. The first kappa shape index (κ1) is 63.8. The molecule has 5 heteroatoms. The molecular formula is C63H100O5. The topological polar surface area (TPSA) is 61.8 Å². The summed E-state index contributed by atoms with van der Waals surface area (Å²) in [4.78, 5) is 25.5. The average Bonchev–Trinajstić information content (AvgIpc) is 3.34. The lowest BCUT2D eigenvalue weighted by Gasteiger charge is -2.18. The zero-order chi connectivity index (χ0) is 49.2. The molecule has 0 fully saturated rings. The molecule has 0 aromatic rings. The Labute approximate surface area is 419 Å². The fourth-order valence-corrected chi connectivity index (χ4v) is 6.89. The molecule has 0 aliphatic heterocycles. The maximum atomic E-state index is 12.8. The second kappa shape index (κ2) is 57.1. The van der Waals surface area contributed by atoms with Crippen LogP contribution in [0, 0.1) is 0 Å². The summed E-state index contributed by atoms with van der Waals surface area (Å²) in [6.07, 6.45) is 82.9. The predicted octanol–water partition coefficient (Wildman–Crippen LogP) is 18.9. The van der Waals surface area contributed by atoms with Gasteiger partial charge in [0.25, 0.3) is 0 Å². The van der Waals surface area contributed by atoms with E-state index in [2.05, 4.69) is 167 Å². The summed E-state index contributed by atoms with van der Waals surface area (Å²) in [7, 11) is 0. The molecule has 0 saturated heterocycles. The van der Waals surface area contributed by atoms with Gasteiger partial charge in [-0.05, 0) is 135 Å². The summed E-state index contributed by atoms with van der Waals surface area (Å²) >= 11 is 0. The maximum absolute atomic E-state index is 12.8. The summed E-state index contributed by atoms with van der Waals surface area (Å²) in [5, 5.41) is 0. The van der Waals surface area contributed by atoms with E-state index < -0.39 is 6.10 Å². The minimum Gasteiger partial charge on any atom is -0.462 e. The van der Waals surface area contributed by atoms with E-state index >= 15 is 0 Å². The molecule has 0 amide bonds. The van der Waals surface area contributed by atoms with Gasteiger partial charge < -0.3 is 14.2 Å². The minimum atomic E-state index is -0.588. The van der Waals surface area contributed by atoms with Gasteiger partial charge in [0.1, 0.15) is 6.61 Å². The first-order valence-electron chi connectivity index (χ1n) is 27.4. The first-order valence-corrected chi connectivity index (χ1v) is 27.4. The van der Waals surface area contributed by atoms with Crippen molar-refractivity contribution in [2.45, 2.75) is 219 Å². The van der Waals surface area contributed by atoms with Gasteiger partial charge in [0.05, 0.1) is 6.61 Å². The standard InChI is InChI=1S/C63H100O5/c1-4-7-10-13-16-19-22-25-28-30-32-33-36-38-41-44-47-50-53-56-62(64)67-60-61(68-63(65)57-54-51-48-45-42-39-35-27-24-21-18-15-12-9-6-3)59-66-58-55-52-49-46-43-40-37-34-31-29-26-23-20-17-14-11-8-5-2/h7-12,16-21,25-29,32-33,35,38,41-42,45,61H,4-6,13-15,22-24,30-31,34,36-37,39-40,43-44,46-60H2,1-3H3/b10-7-,11-8-,12-9-,19-16-,20-17-,21-18-,28-25-,29-26-,33-32-,35-27-,41-38-,45-42-. The molecule has 68 heavy (non-hydrogen) atoms. The van der Waals surface area contributed by atoms with Gasteiger partial charge in [-0.3, -0.25) is 9.59 Å². The Morgan fingerprint density at radius 3 is 1.01 bits per heavy atom. The van der Waals surface area contributed by atoms with Crippen molar-refractivity contribution in [2.75, 3.05) is 19.8 Å². The lowest BCUT2D eigenvalue weighted by Crippen LogP contribution is -2.30. The van der Waals surface area contributed by atoms with Crippen molar-refractivity contribution in [1.82, 2.24) is 0 Å². The van der Waals surface area contributed by atoms with Gasteiger partial charge in [-0.2, -0.15) is 0 Å². The summed E-state index contributed by atoms with van der Waals surface area (Å²) in [5.74, 6) is -0.497. The average molecular weight is 937 g/mol. The lowest BCUT2D eigenvalue weighted by atomic mass is 10.1. The van der Waals surface area contributed by atoms with Crippen LogP contribution < -0.4 is 0 Å². The molecule has 0 aromatic carbocycles. The molecule has 0 radical (unpaired) electrons. The van der Waals surface area contributed by atoms with Crippen LogP contribution in [0.5, 0.6) is 0 Å². The van der Waals surface area contributed by atoms with Crippen LogP contribution >= 0.6 is 0 Å². The van der Waals surface area contributed by atoms with Crippen LogP contribution in [0.15, 0.2) is 146 Å². The zero-order valence-electron chi connectivity index (χ0n) is 43.8. The Hall–Kier alpha value is -4.22. The second-order valence-electron chi connectivity index (χ2n) is 17.3. The van der Waals surface area contributed by atoms with Gasteiger partial charge in [-0.15, -0.1) is 0 Å². The Morgan fingerprint density at radius 2 is 0.618 bits per heavy atom. The first-order chi connectivity index (χ1) is 33.6. The van der Waals surface area contributed by atoms with Crippen LogP contribution in [0.25, 0.3) is 0 Å². The molecule has 0 aliphatic rings. The normalized spacial score (nSPS) is 13.4. The molecule has 0 rings (SSSR count). The minimum absolute atomic E-state index is 0.0380. The van der Waals surface area contributed by atoms with E-state index in [1.807, 2.05) is 0 Å². The Morgan fingerprint density at radius 1 is 0.324 bits per heavy atom. The van der Waals surface area contributed by atoms with Crippen LogP contribution in [-0.4, -0.2) is 37.9 Å². The number of hydrogen-bond acceptors (Lipinski definition) is 5. The maximum Gasteiger partial charge on any atom is 0.306 e. The highest BCUT2D eigenvalue weighted by molar-refractivity contribution is 5.70. The van der Waals surface area contributed by atoms with Crippen molar-refractivity contribution in [2.24, 2.45) is 0 Å². The van der Waals surface area contributed by atoms with Crippen LogP contribution in [0.2, 0.25) is 0 Å². The monoisotopic (exact) mass is 937 g/mol. The Bertz CT molecular complexity index is 1480. The molecule has 1 atom stereocenters. The van der Waals surface area contributed by atoms with Gasteiger partial charge in [-0.1, -0.05) is 212 Å². The van der Waals surface area contributed by atoms with E-state index in [9.17, 15) is 9.59 Å². The fraction of sp³-hybridized carbons (Fsp3) is 0.587. The molecule has 5 nitrogen and oxygen atoms in total. The van der Waals surface area contributed by atoms with Gasteiger partial charge in [0.2, 0.25) is 0 Å². The highest BCUT2D eigenvalue weighted by atomic mass is 16.6. The SMILES string of the molecule is CC/C=C\C/C=C\C/C=C\C/C=C\C/C=C\CCCCCC(=O)OCC(COCCCCCCCCCC/C=C\C/C=C\C/C=C\CC)OC(=O)CCCC/C=C\C/C=C\C/C=C\C/C=C\CC. The fourth-order valence-electron chi connectivity index (χ4n) is 6.89. The quantitative estimate of drug-likeness (QED) is 0.0346. The third kappa shape index (κ3) is 54.4. The summed E-state index contributed by atoms with van der Waals surface area (Å²) in [6.45, 7) is 7.37. The molecule has 0 aliphatic carbocycles. The van der Waals surface area contributed by atoms with Crippen molar-refractivity contribution >= 4 is 11.9 Å². The van der Waals surface area contributed by atoms with Crippen molar-refractivity contribution in [3.8, 4) is 0 Å². The van der Waals surface area contributed by atoms with Crippen molar-refractivity contribution in [1.29, 1.82) is 0 Å². The molecule has 0 spiro atoms. The number of carbonyl (C=O) groups is 2. The molecular weight excluding hydrogens is 837 g/mol. The van der Waals surface area contributed by atoms with Gasteiger partial charge in [0.15, 0.2) is 6.10 Å². The third-order valence-electron chi connectivity index (χ3n) is 10.9. The molecule has 0 saturated carbocycles. The number of allylic oxidation sites excluding steroid dienone is 24. The van der Waals surface area contributed by atoms with Crippen molar-refractivity contribution in [3.63, 3.8) is 0 Å². The van der Waals surface area contributed by atoms with E-state index in [1.54, 1.807) is 0 Å². The summed E-state index contributed by atoms with van der Waals surface area (Å²) < 4.78 is 17.4. The van der Waals surface area contributed by atoms with Gasteiger partial charge in [0, 0.05) is 19.4 Å². The number of ether oxygens (including phenoxy) is 3.